The van der Waals surface area contributed by atoms with Crippen molar-refractivity contribution in [1.29, 1.82) is 0 Å². The number of thiophene rings is 1. The van der Waals surface area contributed by atoms with E-state index in [-0.39, 0.29) is 5.60 Å². The Kier molecular flexibility index (Phi) is 10.3. The molecular weight excluding hydrogens is 538 g/mol. The smallest absolute Gasteiger partial charge is 0.475 e. The molecular formula is C20H24F6N4O6S. The van der Waals surface area contributed by atoms with E-state index in [0.29, 0.717) is 11.9 Å². The van der Waals surface area contributed by atoms with Crippen molar-refractivity contribution in [2.45, 2.75) is 44.3 Å². The van der Waals surface area contributed by atoms with Gasteiger partial charge in [0, 0.05) is 33.1 Å². The number of alkyl halides is 6. The van der Waals surface area contributed by atoms with Crippen LogP contribution in [-0.4, -0.2) is 88.0 Å². The number of aliphatic carboxylic acids is 2. The average Bonchev–Trinajstić information content (AvgIpc) is 3.45. The molecule has 2 aliphatic heterocycles. The van der Waals surface area contributed by atoms with Crippen LogP contribution in [0.1, 0.15) is 24.3 Å². The normalized spacial score (nSPS) is 20.5. The second kappa shape index (κ2) is 12.6. The Hall–Kier alpha value is -2.92. The summed E-state index contributed by atoms with van der Waals surface area (Å²) in [6, 6.07) is 2.83. The summed E-state index contributed by atoms with van der Waals surface area (Å²) in [6.45, 7) is 7.38. The average molecular weight is 562 g/mol. The third kappa shape index (κ3) is 9.81. The molecule has 2 fully saturated rings. The van der Waals surface area contributed by atoms with E-state index in [2.05, 4.69) is 36.8 Å². The van der Waals surface area contributed by atoms with Crippen LogP contribution in [0.3, 0.4) is 0 Å². The minimum absolute atomic E-state index is 0.116. The number of carboxylic acids is 2. The predicted molar refractivity (Wildman–Crippen MR) is 116 cm³/mol. The van der Waals surface area contributed by atoms with E-state index in [4.69, 9.17) is 29.0 Å². The number of hydrogen-bond donors (Lipinski definition) is 2. The highest BCUT2D eigenvalue weighted by molar-refractivity contribution is 7.07. The topological polar surface area (TPSA) is 129 Å². The van der Waals surface area contributed by atoms with Crippen LogP contribution in [0.5, 0.6) is 0 Å². The summed E-state index contributed by atoms with van der Waals surface area (Å²) in [4.78, 5) is 22.5. The zero-order valence-corrected chi connectivity index (χ0v) is 20.2. The molecule has 1 unspecified atom stereocenters. The van der Waals surface area contributed by atoms with Gasteiger partial charge in [0.2, 0.25) is 5.89 Å². The van der Waals surface area contributed by atoms with E-state index in [1.807, 2.05) is 6.92 Å². The highest BCUT2D eigenvalue weighted by atomic mass is 32.1. The van der Waals surface area contributed by atoms with Gasteiger partial charge in [-0.25, -0.2) is 9.59 Å². The number of aryl methyl sites for hydroxylation is 1. The quantitative estimate of drug-likeness (QED) is 0.536. The minimum Gasteiger partial charge on any atom is -0.475 e. The van der Waals surface area contributed by atoms with Crippen molar-refractivity contribution in [3.8, 4) is 0 Å². The van der Waals surface area contributed by atoms with Crippen LogP contribution in [0.15, 0.2) is 21.2 Å². The highest BCUT2D eigenvalue weighted by Gasteiger charge is 2.42. The molecule has 4 rings (SSSR count). The van der Waals surface area contributed by atoms with Gasteiger partial charge in [-0.15, -0.1) is 5.10 Å². The number of carbonyl (C=O) groups is 2. The summed E-state index contributed by atoms with van der Waals surface area (Å²) in [7, 11) is 0. The Morgan fingerprint density at radius 3 is 2.19 bits per heavy atom. The second-order valence-corrected chi connectivity index (χ2v) is 8.89. The molecule has 1 atom stereocenters. The fraction of sp³-hybridized carbons (Fsp3) is 0.600. The van der Waals surface area contributed by atoms with E-state index < -0.39 is 24.3 Å². The van der Waals surface area contributed by atoms with Gasteiger partial charge in [-0.05, 0) is 35.2 Å². The molecule has 2 N–H and O–H groups in total. The Morgan fingerprint density at radius 1 is 1.08 bits per heavy atom. The van der Waals surface area contributed by atoms with Crippen LogP contribution in [-0.2, 0) is 20.9 Å². The van der Waals surface area contributed by atoms with Crippen LogP contribution < -0.4 is 4.90 Å². The van der Waals surface area contributed by atoms with Crippen molar-refractivity contribution < 1.29 is 55.3 Å². The van der Waals surface area contributed by atoms with E-state index >= 15 is 0 Å². The third-order valence-corrected chi connectivity index (χ3v) is 5.86. The lowest BCUT2D eigenvalue weighted by atomic mass is 9.90. The molecule has 2 saturated heterocycles. The van der Waals surface area contributed by atoms with Crippen molar-refractivity contribution in [2.75, 3.05) is 37.7 Å². The maximum Gasteiger partial charge on any atom is 0.490 e. The molecule has 37 heavy (non-hydrogen) atoms. The number of rotatable bonds is 3. The van der Waals surface area contributed by atoms with Gasteiger partial charge >= 0.3 is 30.3 Å². The first-order valence-corrected chi connectivity index (χ1v) is 11.6. The number of anilines is 1. The summed E-state index contributed by atoms with van der Waals surface area (Å²) in [5, 5.41) is 26.7. The summed E-state index contributed by atoms with van der Waals surface area (Å²) >= 11 is 1.76. The molecule has 2 aliphatic rings. The number of hydrogen-bond acceptors (Lipinski definition) is 9. The minimum atomic E-state index is -5.08. The molecule has 208 valence electrons. The number of carboxylic acid groups (broad SMARTS) is 2. The first-order valence-electron chi connectivity index (χ1n) is 10.6. The van der Waals surface area contributed by atoms with Gasteiger partial charge in [0.05, 0.1) is 18.8 Å². The largest absolute Gasteiger partial charge is 0.490 e. The second-order valence-electron chi connectivity index (χ2n) is 8.11. The van der Waals surface area contributed by atoms with Crippen molar-refractivity contribution in [3.63, 3.8) is 0 Å². The van der Waals surface area contributed by atoms with Crippen LogP contribution in [0.2, 0.25) is 0 Å². The molecule has 10 nitrogen and oxygen atoms in total. The Morgan fingerprint density at radius 2 is 1.70 bits per heavy atom. The SMILES string of the molecule is Cc1nnc(N2CCCC3(CN(Cc4ccsc4)CCO3)C2)o1.O=C(O)C(F)(F)F.O=C(O)C(F)(F)F. The van der Waals surface area contributed by atoms with Gasteiger partial charge in [0.15, 0.2) is 0 Å². The lowest BCUT2D eigenvalue weighted by Crippen LogP contribution is -2.59. The first kappa shape index (κ1) is 30.3. The number of halogens is 6. The zero-order chi connectivity index (χ0) is 27.9. The molecule has 0 saturated carbocycles. The van der Waals surface area contributed by atoms with Crippen LogP contribution in [0.4, 0.5) is 32.4 Å². The van der Waals surface area contributed by atoms with Crippen LogP contribution in [0, 0.1) is 6.92 Å². The molecule has 1 spiro atoms. The Labute approximate surface area is 210 Å². The standard InChI is InChI=1S/C16H22N4O2S.2C2HF3O2/c1-13-17-18-15(22-13)20-5-2-4-16(12-20)11-19(6-7-21-16)9-14-3-8-23-10-14;2*3-2(4,5)1(6)7/h3,8,10H,2,4-7,9,11-12H2,1H3;2*(H,6,7). The maximum absolute atomic E-state index is 10.6. The van der Waals surface area contributed by atoms with Crippen LogP contribution >= 0.6 is 11.3 Å². The predicted octanol–water partition coefficient (Wildman–Crippen LogP) is 3.58. The van der Waals surface area contributed by atoms with Crippen molar-refractivity contribution >= 4 is 29.3 Å². The summed E-state index contributed by atoms with van der Waals surface area (Å²) in [6.07, 6.45) is -7.98. The summed E-state index contributed by atoms with van der Waals surface area (Å²) in [5.41, 5.74) is 1.28. The van der Waals surface area contributed by atoms with E-state index in [1.54, 1.807) is 11.3 Å². The number of ether oxygens (including phenoxy) is 1. The lowest BCUT2D eigenvalue weighted by Gasteiger charge is -2.47. The highest BCUT2D eigenvalue weighted by Crippen LogP contribution is 2.31. The molecule has 0 aliphatic carbocycles. The Balaban J connectivity index is 0.000000286. The van der Waals surface area contributed by atoms with E-state index in [1.165, 1.54) is 5.56 Å². The van der Waals surface area contributed by atoms with E-state index in [0.717, 1.165) is 52.2 Å². The van der Waals surface area contributed by atoms with Crippen molar-refractivity contribution in [2.24, 2.45) is 0 Å². The van der Waals surface area contributed by atoms with Gasteiger partial charge in [0.1, 0.15) is 0 Å². The molecule has 0 aromatic carbocycles. The molecule has 4 heterocycles. The summed E-state index contributed by atoms with van der Waals surface area (Å²) < 4.78 is 75.3. The fourth-order valence-corrected chi connectivity index (χ4v) is 4.28. The van der Waals surface area contributed by atoms with Gasteiger partial charge < -0.3 is 24.3 Å². The van der Waals surface area contributed by atoms with E-state index in [9.17, 15) is 26.3 Å². The van der Waals surface area contributed by atoms with Crippen LogP contribution in [0.25, 0.3) is 0 Å². The van der Waals surface area contributed by atoms with Crippen molar-refractivity contribution in [3.05, 3.63) is 28.3 Å². The van der Waals surface area contributed by atoms with Gasteiger partial charge in [-0.3, -0.25) is 4.90 Å². The number of nitrogens with zero attached hydrogens (tertiary/aromatic N) is 4. The van der Waals surface area contributed by atoms with Crippen molar-refractivity contribution in [1.82, 2.24) is 15.1 Å². The zero-order valence-electron chi connectivity index (χ0n) is 19.4. The summed E-state index contributed by atoms with van der Waals surface area (Å²) in [5.74, 6) is -4.90. The first-order chi connectivity index (χ1) is 17.1. The number of aromatic nitrogens is 2. The molecule has 0 bridgehead atoms. The molecule has 2 aromatic rings. The maximum atomic E-state index is 10.6. The fourth-order valence-electron chi connectivity index (χ4n) is 3.62. The Bertz CT molecular complexity index is 988. The third-order valence-electron chi connectivity index (χ3n) is 5.12. The number of morpholine rings is 1. The lowest BCUT2D eigenvalue weighted by molar-refractivity contribution is -0.193. The molecule has 2 aromatic heterocycles. The molecule has 0 amide bonds. The van der Waals surface area contributed by atoms with Gasteiger partial charge in [-0.1, -0.05) is 5.10 Å². The molecule has 17 heteroatoms. The number of piperidine rings is 1. The van der Waals surface area contributed by atoms with Gasteiger partial charge in [0.25, 0.3) is 0 Å². The molecule has 0 radical (unpaired) electrons. The monoisotopic (exact) mass is 562 g/mol. The van der Waals surface area contributed by atoms with Gasteiger partial charge in [-0.2, -0.15) is 37.7 Å².